The van der Waals surface area contributed by atoms with Crippen LogP contribution in [0.4, 0.5) is 0 Å². The Kier molecular flexibility index (Phi) is 5.81. The van der Waals surface area contributed by atoms with Gasteiger partial charge in [-0.1, -0.05) is 26.5 Å². The van der Waals surface area contributed by atoms with Gasteiger partial charge in [-0.25, -0.2) is 0 Å². The van der Waals surface area contributed by atoms with E-state index in [1.165, 1.54) is 5.57 Å². The first kappa shape index (κ1) is 11.5. The van der Waals surface area contributed by atoms with E-state index in [1.54, 1.807) is 11.8 Å². The zero-order chi connectivity index (χ0) is 9.56. The van der Waals surface area contributed by atoms with Crippen LogP contribution < -0.4 is 0 Å². The summed E-state index contributed by atoms with van der Waals surface area (Å²) in [6.45, 7) is 10.0. The topological polar surface area (TPSA) is 12.4 Å². The molecule has 1 nitrogen and oxygen atoms in total. The van der Waals surface area contributed by atoms with E-state index in [1.807, 2.05) is 25.5 Å². The van der Waals surface area contributed by atoms with Crippen LogP contribution in [-0.2, 0) is 0 Å². The van der Waals surface area contributed by atoms with Crippen molar-refractivity contribution in [2.45, 2.75) is 20.8 Å². The Labute approximate surface area is 79.7 Å². The zero-order valence-electron chi connectivity index (χ0n) is 8.29. The minimum Gasteiger partial charge on any atom is -0.254 e. The van der Waals surface area contributed by atoms with Gasteiger partial charge in [-0.3, -0.25) is 4.99 Å². The summed E-state index contributed by atoms with van der Waals surface area (Å²) >= 11 is 1.66. The Morgan fingerprint density at radius 2 is 2.08 bits per heavy atom. The largest absolute Gasteiger partial charge is 0.254 e. The molecule has 12 heavy (non-hydrogen) atoms. The van der Waals surface area contributed by atoms with Crippen LogP contribution in [0.15, 0.2) is 29.4 Å². The predicted molar refractivity (Wildman–Crippen MR) is 59.7 cm³/mol. The predicted octanol–water partition coefficient (Wildman–Crippen LogP) is 3.49. The van der Waals surface area contributed by atoms with Crippen LogP contribution in [0, 0.1) is 5.92 Å². The first-order valence-corrected chi connectivity index (χ1v) is 5.25. The van der Waals surface area contributed by atoms with Gasteiger partial charge in [0, 0.05) is 6.20 Å². The Bertz CT molecular complexity index is 202. The van der Waals surface area contributed by atoms with Crippen molar-refractivity contribution in [2.24, 2.45) is 10.9 Å². The second kappa shape index (κ2) is 6.06. The number of rotatable bonds is 3. The van der Waals surface area contributed by atoms with E-state index in [9.17, 15) is 0 Å². The Morgan fingerprint density at radius 3 is 2.42 bits per heavy atom. The molecule has 0 unspecified atom stereocenters. The van der Waals surface area contributed by atoms with Crippen molar-refractivity contribution in [1.82, 2.24) is 0 Å². The molecular formula is C10H17NS. The molecule has 0 N–H and O–H groups in total. The summed E-state index contributed by atoms with van der Waals surface area (Å²) in [5, 5.41) is 1.08. The minimum absolute atomic E-state index is 0.501. The van der Waals surface area contributed by atoms with Crippen LogP contribution in [0.2, 0.25) is 0 Å². The maximum absolute atomic E-state index is 4.28. The molecule has 0 aromatic rings. The maximum atomic E-state index is 4.28. The third-order valence-electron chi connectivity index (χ3n) is 1.59. The van der Waals surface area contributed by atoms with Gasteiger partial charge in [-0.2, -0.15) is 0 Å². The van der Waals surface area contributed by atoms with Crippen LogP contribution in [0.1, 0.15) is 20.8 Å². The van der Waals surface area contributed by atoms with Gasteiger partial charge in [0.25, 0.3) is 0 Å². The maximum Gasteiger partial charge on any atom is 0.0697 e. The molecule has 68 valence electrons. The van der Waals surface area contributed by atoms with E-state index in [-0.39, 0.29) is 0 Å². The lowest BCUT2D eigenvalue weighted by Crippen LogP contribution is -1.89. The van der Waals surface area contributed by atoms with Gasteiger partial charge < -0.3 is 0 Å². The lowest BCUT2D eigenvalue weighted by Gasteiger charge is -2.03. The van der Waals surface area contributed by atoms with E-state index in [0.717, 1.165) is 5.04 Å². The summed E-state index contributed by atoms with van der Waals surface area (Å²) in [5.74, 6) is 0.501. The van der Waals surface area contributed by atoms with Crippen LogP contribution in [0.25, 0.3) is 0 Å². The van der Waals surface area contributed by atoms with Crippen molar-refractivity contribution >= 4 is 16.8 Å². The zero-order valence-corrected chi connectivity index (χ0v) is 9.11. The SMILES string of the molecule is C=C/C(=C\N=C(C)SC)C(C)C. The van der Waals surface area contributed by atoms with Crippen molar-refractivity contribution in [3.63, 3.8) is 0 Å². The number of hydrogen-bond donors (Lipinski definition) is 0. The summed E-state index contributed by atoms with van der Waals surface area (Å²) < 4.78 is 0. The first-order valence-electron chi connectivity index (χ1n) is 4.02. The smallest absolute Gasteiger partial charge is 0.0697 e. The third-order valence-corrected chi connectivity index (χ3v) is 2.29. The second-order valence-corrected chi connectivity index (χ2v) is 3.84. The minimum atomic E-state index is 0.501. The number of thioether (sulfide) groups is 1. The molecular weight excluding hydrogens is 166 g/mol. The second-order valence-electron chi connectivity index (χ2n) is 2.84. The molecule has 0 heterocycles. The number of hydrogen-bond acceptors (Lipinski definition) is 2. The van der Waals surface area contributed by atoms with Crippen molar-refractivity contribution in [2.75, 3.05) is 6.26 Å². The van der Waals surface area contributed by atoms with Gasteiger partial charge in [0.2, 0.25) is 0 Å². The van der Waals surface area contributed by atoms with E-state index >= 15 is 0 Å². The van der Waals surface area contributed by atoms with Crippen molar-refractivity contribution < 1.29 is 0 Å². The molecule has 0 aliphatic heterocycles. The molecule has 0 saturated carbocycles. The third kappa shape index (κ3) is 4.39. The van der Waals surface area contributed by atoms with Gasteiger partial charge in [0.15, 0.2) is 0 Å². The van der Waals surface area contributed by atoms with Crippen LogP contribution in [-0.4, -0.2) is 11.3 Å². The summed E-state index contributed by atoms with van der Waals surface area (Å²) in [7, 11) is 0. The molecule has 0 radical (unpaired) electrons. The average molecular weight is 183 g/mol. The summed E-state index contributed by atoms with van der Waals surface area (Å²) in [6, 6.07) is 0. The molecule has 0 amide bonds. The molecule has 0 rings (SSSR count). The highest BCUT2D eigenvalue weighted by molar-refractivity contribution is 8.13. The monoisotopic (exact) mass is 183 g/mol. The number of nitrogens with zero attached hydrogens (tertiary/aromatic N) is 1. The lowest BCUT2D eigenvalue weighted by atomic mass is 10.1. The van der Waals surface area contributed by atoms with Gasteiger partial charge in [0.1, 0.15) is 0 Å². The number of allylic oxidation sites excluding steroid dienone is 2. The Hall–Kier alpha value is -0.500. The van der Waals surface area contributed by atoms with E-state index in [0.29, 0.717) is 5.92 Å². The fourth-order valence-corrected chi connectivity index (χ4v) is 0.814. The van der Waals surface area contributed by atoms with Gasteiger partial charge >= 0.3 is 0 Å². The van der Waals surface area contributed by atoms with E-state index in [4.69, 9.17) is 0 Å². The van der Waals surface area contributed by atoms with Crippen molar-refractivity contribution in [3.8, 4) is 0 Å². The van der Waals surface area contributed by atoms with Crippen LogP contribution in [0.3, 0.4) is 0 Å². The van der Waals surface area contributed by atoms with Crippen LogP contribution in [0.5, 0.6) is 0 Å². The molecule has 0 aliphatic carbocycles. The highest BCUT2D eigenvalue weighted by Gasteiger charge is 1.96. The molecule has 0 saturated heterocycles. The van der Waals surface area contributed by atoms with E-state index in [2.05, 4.69) is 25.4 Å². The average Bonchev–Trinajstić information content (AvgIpc) is 2.04. The first-order chi connectivity index (χ1) is 5.61. The van der Waals surface area contributed by atoms with Gasteiger partial charge in [0.05, 0.1) is 5.04 Å². The Balaban J connectivity index is 4.40. The fourth-order valence-electron chi connectivity index (χ4n) is 0.656. The molecule has 0 atom stereocenters. The quantitative estimate of drug-likeness (QED) is 0.370. The Morgan fingerprint density at radius 1 is 1.50 bits per heavy atom. The summed E-state index contributed by atoms with van der Waals surface area (Å²) in [6.07, 6.45) is 5.78. The standard InChI is InChI=1S/C10H17NS/c1-6-10(8(2)3)7-11-9(4)12-5/h6-8H,1H2,2-5H3/b10-7+,11-9?. The molecule has 2 heteroatoms. The summed E-state index contributed by atoms with van der Waals surface area (Å²) in [5.41, 5.74) is 1.18. The fraction of sp³-hybridized carbons (Fsp3) is 0.500. The van der Waals surface area contributed by atoms with Crippen molar-refractivity contribution in [1.29, 1.82) is 0 Å². The number of aliphatic imine (C=N–C) groups is 1. The molecule has 0 aromatic heterocycles. The molecule has 0 spiro atoms. The van der Waals surface area contributed by atoms with Crippen molar-refractivity contribution in [3.05, 3.63) is 24.4 Å². The highest BCUT2D eigenvalue weighted by atomic mass is 32.2. The molecule has 0 aliphatic rings. The van der Waals surface area contributed by atoms with E-state index < -0.39 is 0 Å². The normalized spacial score (nSPS) is 13.8. The summed E-state index contributed by atoms with van der Waals surface area (Å²) in [4.78, 5) is 4.28. The van der Waals surface area contributed by atoms with Crippen LogP contribution >= 0.6 is 11.8 Å². The lowest BCUT2D eigenvalue weighted by molar-refractivity contribution is 0.789. The molecule has 0 bridgehead atoms. The van der Waals surface area contributed by atoms with Gasteiger partial charge in [-0.05, 0) is 24.7 Å². The molecule has 0 aromatic carbocycles. The van der Waals surface area contributed by atoms with Gasteiger partial charge in [-0.15, -0.1) is 11.8 Å². The molecule has 0 fully saturated rings. The highest BCUT2D eigenvalue weighted by Crippen LogP contribution is 2.10.